The second-order valence-corrected chi connectivity index (χ2v) is 8.04. The molecule has 0 saturated heterocycles. The molecule has 0 bridgehead atoms. The van der Waals surface area contributed by atoms with Crippen LogP contribution >= 0.6 is 11.8 Å². The van der Waals surface area contributed by atoms with E-state index in [1.165, 1.54) is 22.9 Å². The molecule has 2 atom stereocenters. The van der Waals surface area contributed by atoms with E-state index in [9.17, 15) is 4.79 Å². The number of amides is 1. The zero-order chi connectivity index (χ0) is 19.9. The molecule has 1 heterocycles. The van der Waals surface area contributed by atoms with Crippen LogP contribution in [0, 0.1) is 6.92 Å². The maximum absolute atomic E-state index is 12.6. The SMILES string of the molecule is CC[C@@H](CNC(=O)[C@H](C)Sc1nnnn1-c1ccc(C)cc1)c1ccccc1. The predicted octanol–water partition coefficient (Wildman–Crippen LogP) is 3.76. The second kappa shape index (κ2) is 9.50. The van der Waals surface area contributed by atoms with Gasteiger partial charge in [-0.05, 0) is 48.4 Å². The summed E-state index contributed by atoms with van der Waals surface area (Å²) in [5.74, 6) is 0.290. The molecule has 0 aliphatic rings. The fourth-order valence-corrected chi connectivity index (χ4v) is 3.73. The van der Waals surface area contributed by atoms with Gasteiger partial charge in [-0.1, -0.05) is 66.7 Å². The van der Waals surface area contributed by atoms with Gasteiger partial charge in [0, 0.05) is 12.5 Å². The van der Waals surface area contributed by atoms with Crippen molar-refractivity contribution in [2.24, 2.45) is 0 Å². The van der Waals surface area contributed by atoms with E-state index in [4.69, 9.17) is 0 Å². The third-order valence-electron chi connectivity index (χ3n) is 4.66. The summed E-state index contributed by atoms with van der Waals surface area (Å²) >= 11 is 1.35. The van der Waals surface area contributed by atoms with Crippen molar-refractivity contribution in [2.45, 2.75) is 43.5 Å². The average Bonchev–Trinajstić information content (AvgIpc) is 3.17. The molecule has 0 saturated carbocycles. The quantitative estimate of drug-likeness (QED) is 0.588. The smallest absolute Gasteiger partial charge is 0.233 e. The van der Waals surface area contributed by atoms with Crippen LogP contribution in [0.1, 0.15) is 37.3 Å². The maximum atomic E-state index is 12.6. The summed E-state index contributed by atoms with van der Waals surface area (Å²) in [6.07, 6.45) is 0.970. The van der Waals surface area contributed by atoms with E-state index in [1.54, 1.807) is 4.68 Å². The minimum Gasteiger partial charge on any atom is -0.355 e. The number of thioether (sulfide) groups is 1. The van der Waals surface area contributed by atoms with Crippen molar-refractivity contribution in [3.05, 3.63) is 65.7 Å². The van der Waals surface area contributed by atoms with Crippen LogP contribution in [0.5, 0.6) is 0 Å². The van der Waals surface area contributed by atoms with E-state index in [0.717, 1.165) is 12.1 Å². The lowest BCUT2D eigenvalue weighted by Crippen LogP contribution is -2.34. The Balaban J connectivity index is 1.60. The molecule has 1 aromatic heterocycles. The molecule has 7 heteroatoms. The molecule has 3 aromatic rings. The van der Waals surface area contributed by atoms with Crippen molar-refractivity contribution in [1.82, 2.24) is 25.5 Å². The molecular weight excluding hydrogens is 370 g/mol. The van der Waals surface area contributed by atoms with E-state index < -0.39 is 0 Å². The van der Waals surface area contributed by atoms with Crippen molar-refractivity contribution in [3.63, 3.8) is 0 Å². The molecule has 0 unspecified atom stereocenters. The molecule has 1 amide bonds. The van der Waals surface area contributed by atoms with Gasteiger partial charge in [0.25, 0.3) is 0 Å². The Morgan fingerprint density at radius 1 is 1.14 bits per heavy atom. The number of nitrogens with one attached hydrogen (secondary N) is 1. The van der Waals surface area contributed by atoms with Gasteiger partial charge in [0.15, 0.2) is 0 Å². The Kier molecular flexibility index (Phi) is 6.81. The number of rotatable bonds is 8. The first-order chi connectivity index (χ1) is 13.6. The van der Waals surface area contributed by atoms with Crippen molar-refractivity contribution in [2.75, 3.05) is 6.54 Å². The predicted molar refractivity (Wildman–Crippen MR) is 112 cm³/mol. The van der Waals surface area contributed by atoms with Gasteiger partial charge in [0.1, 0.15) is 0 Å². The Hall–Kier alpha value is -2.67. The number of hydrogen-bond donors (Lipinski definition) is 1. The number of carbonyl (C=O) groups excluding carboxylic acids is 1. The number of benzene rings is 2. The molecule has 0 radical (unpaired) electrons. The lowest BCUT2D eigenvalue weighted by Gasteiger charge is -2.18. The highest BCUT2D eigenvalue weighted by atomic mass is 32.2. The fraction of sp³-hybridized carbons (Fsp3) is 0.333. The third kappa shape index (κ3) is 4.98. The first kappa shape index (κ1) is 20.1. The minimum absolute atomic E-state index is 0.0159. The highest BCUT2D eigenvalue weighted by Crippen LogP contribution is 2.24. The summed E-state index contributed by atoms with van der Waals surface area (Å²) in [4.78, 5) is 12.6. The Morgan fingerprint density at radius 3 is 2.54 bits per heavy atom. The molecule has 0 spiro atoms. The number of tetrazole rings is 1. The van der Waals surface area contributed by atoms with Gasteiger partial charge in [0.2, 0.25) is 11.1 Å². The standard InChI is InChI=1S/C21H25N5OS/c1-4-17(18-8-6-5-7-9-18)14-22-20(27)16(3)28-21-23-24-25-26(21)19-12-10-15(2)11-13-19/h5-13,16-17H,4,14H2,1-3H3,(H,22,27)/t16-,17-/m0/s1. The van der Waals surface area contributed by atoms with Crippen LogP contribution in [0.3, 0.4) is 0 Å². The molecule has 28 heavy (non-hydrogen) atoms. The van der Waals surface area contributed by atoms with Crippen LogP contribution in [0.2, 0.25) is 0 Å². The van der Waals surface area contributed by atoms with Crippen LogP contribution in [0.15, 0.2) is 59.8 Å². The normalized spacial score (nSPS) is 13.1. The average molecular weight is 396 g/mol. The van der Waals surface area contributed by atoms with Crippen molar-refractivity contribution >= 4 is 17.7 Å². The van der Waals surface area contributed by atoms with Gasteiger partial charge in [-0.2, -0.15) is 4.68 Å². The topological polar surface area (TPSA) is 72.7 Å². The van der Waals surface area contributed by atoms with Crippen molar-refractivity contribution in [1.29, 1.82) is 0 Å². The number of aromatic nitrogens is 4. The number of carbonyl (C=O) groups is 1. The van der Waals surface area contributed by atoms with Crippen LogP contribution < -0.4 is 5.32 Å². The van der Waals surface area contributed by atoms with Crippen molar-refractivity contribution < 1.29 is 4.79 Å². The monoisotopic (exact) mass is 395 g/mol. The van der Waals surface area contributed by atoms with E-state index in [2.05, 4.69) is 39.9 Å². The van der Waals surface area contributed by atoms with Gasteiger partial charge >= 0.3 is 0 Å². The minimum atomic E-state index is -0.302. The zero-order valence-electron chi connectivity index (χ0n) is 16.4. The van der Waals surface area contributed by atoms with Crippen LogP contribution in [0.4, 0.5) is 0 Å². The molecule has 0 fully saturated rings. The Bertz CT molecular complexity index is 895. The lowest BCUT2D eigenvalue weighted by atomic mass is 9.96. The third-order valence-corrected chi connectivity index (χ3v) is 5.69. The van der Waals surface area contributed by atoms with Crippen LogP contribution in [0.25, 0.3) is 5.69 Å². The molecule has 2 aromatic carbocycles. The Labute approximate surface area is 169 Å². The number of aryl methyl sites for hydroxylation is 1. The maximum Gasteiger partial charge on any atom is 0.233 e. The van der Waals surface area contributed by atoms with Gasteiger partial charge in [-0.3, -0.25) is 4.79 Å². The van der Waals surface area contributed by atoms with Gasteiger partial charge < -0.3 is 5.32 Å². The highest BCUT2D eigenvalue weighted by molar-refractivity contribution is 8.00. The lowest BCUT2D eigenvalue weighted by molar-refractivity contribution is -0.120. The largest absolute Gasteiger partial charge is 0.355 e. The van der Waals surface area contributed by atoms with E-state index in [1.807, 2.05) is 56.3 Å². The summed E-state index contributed by atoms with van der Waals surface area (Å²) in [5.41, 5.74) is 3.29. The molecule has 1 N–H and O–H groups in total. The first-order valence-electron chi connectivity index (χ1n) is 9.43. The van der Waals surface area contributed by atoms with Crippen molar-refractivity contribution in [3.8, 4) is 5.69 Å². The number of hydrogen-bond acceptors (Lipinski definition) is 5. The van der Waals surface area contributed by atoms with Gasteiger partial charge in [0.05, 0.1) is 10.9 Å². The van der Waals surface area contributed by atoms with E-state index >= 15 is 0 Å². The van der Waals surface area contributed by atoms with Crippen LogP contribution in [-0.2, 0) is 4.79 Å². The number of nitrogens with zero attached hydrogens (tertiary/aromatic N) is 4. The molecule has 0 aliphatic heterocycles. The summed E-state index contributed by atoms with van der Waals surface area (Å²) < 4.78 is 1.66. The summed E-state index contributed by atoms with van der Waals surface area (Å²) in [5, 5.41) is 15.3. The fourth-order valence-electron chi connectivity index (χ4n) is 2.90. The van der Waals surface area contributed by atoms with Gasteiger partial charge in [-0.15, -0.1) is 5.10 Å². The molecular formula is C21H25N5OS. The molecule has 146 valence electrons. The molecule has 3 rings (SSSR count). The summed E-state index contributed by atoms with van der Waals surface area (Å²) in [6, 6.07) is 18.2. The van der Waals surface area contributed by atoms with Crippen LogP contribution in [-0.4, -0.2) is 37.9 Å². The molecule has 0 aliphatic carbocycles. The molecule has 6 nitrogen and oxygen atoms in total. The summed E-state index contributed by atoms with van der Waals surface area (Å²) in [7, 11) is 0. The second-order valence-electron chi connectivity index (χ2n) is 6.73. The van der Waals surface area contributed by atoms with E-state index in [0.29, 0.717) is 17.6 Å². The first-order valence-corrected chi connectivity index (χ1v) is 10.3. The van der Waals surface area contributed by atoms with E-state index in [-0.39, 0.29) is 11.2 Å². The summed E-state index contributed by atoms with van der Waals surface area (Å²) in [6.45, 7) is 6.66. The zero-order valence-corrected chi connectivity index (χ0v) is 17.2. The Morgan fingerprint density at radius 2 is 1.86 bits per heavy atom. The highest BCUT2D eigenvalue weighted by Gasteiger charge is 2.20. The van der Waals surface area contributed by atoms with Gasteiger partial charge in [-0.25, -0.2) is 0 Å².